The monoisotopic (exact) mass is 302 g/mol. The maximum Gasteiger partial charge on any atom is 0.328 e. The van der Waals surface area contributed by atoms with E-state index in [0.717, 1.165) is 27.2 Å². The number of rotatable bonds is 3. The van der Waals surface area contributed by atoms with Gasteiger partial charge in [0.15, 0.2) is 0 Å². The Morgan fingerprint density at radius 1 is 1.06 bits per heavy atom. The first kappa shape index (κ1) is 12.6. The Bertz CT molecular complexity index is 586. The lowest BCUT2D eigenvalue weighted by molar-refractivity contribution is -0.131. The van der Waals surface area contributed by atoms with Crippen molar-refractivity contribution in [2.75, 3.05) is 0 Å². The third-order valence-corrected chi connectivity index (χ3v) is 3.21. The van der Waals surface area contributed by atoms with Gasteiger partial charge in [0, 0.05) is 10.5 Å². The zero-order valence-electron chi connectivity index (χ0n) is 9.51. The summed E-state index contributed by atoms with van der Waals surface area (Å²) in [5.41, 5.74) is 3.08. The van der Waals surface area contributed by atoms with E-state index in [1.807, 2.05) is 48.5 Å². The summed E-state index contributed by atoms with van der Waals surface area (Å²) in [4.78, 5) is 10.4. The minimum atomic E-state index is -0.940. The molecule has 2 nitrogen and oxygen atoms in total. The van der Waals surface area contributed by atoms with Crippen LogP contribution in [0.5, 0.6) is 0 Å². The Morgan fingerprint density at radius 2 is 1.72 bits per heavy atom. The van der Waals surface area contributed by atoms with Crippen molar-refractivity contribution in [2.24, 2.45) is 0 Å². The average Bonchev–Trinajstić information content (AvgIpc) is 2.38. The second kappa shape index (κ2) is 5.65. The molecule has 2 aromatic carbocycles. The molecule has 0 atom stereocenters. The van der Waals surface area contributed by atoms with E-state index >= 15 is 0 Å². The van der Waals surface area contributed by atoms with Crippen LogP contribution in [0.25, 0.3) is 17.2 Å². The van der Waals surface area contributed by atoms with Gasteiger partial charge in [-0.05, 0) is 28.8 Å². The highest BCUT2D eigenvalue weighted by atomic mass is 79.9. The van der Waals surface area contributed by atoms with Gasteiger partial charge in [0.1, 0.15) is 0 Å². The Labute approximate surface area is 114 Å². The minimum absolute atomic E-state index is 0.869. The summed E-state index contributed by atoms with van der Waals surface area (Å²) in [7, 11) is 0. The van der Waals surface area contributed by atoms with E-state index < -0.39 is 5.97 Å². The molecule has 0 saturated heterocycles. The SMILES string of the molecule is O=C(O)/C=C/c1ccc(-c2ccccc2Br)cc1. The van der Waals surface area contributed by atoms with Crippen molar-refractivity contribution < 1.29 is 9.90 Å². The number of carboxylic acid groups (broad SMARTS) is 1. The number of hydrogen-bond donors (Lipinski definition) is 1. The van der Waals surface area contributed by atoms with Crippen LogP contribution < -0.4 is 0 Å². The predicted octanol–water partition coefficient (Wildman–Crippen LogP) is 4.21. The molecule has 0 saturated carbocycles. The Kier molecular flexibility index (Phi) is 3.95. The number of aliphatic carboxylic acids is 1. The van der Waals surface area contributed by atoms with Crippen LogP contribution in [0.1, 0.15) is 5.56 Å². The van der Waals surface area contributed by atoms with Gasteiger partial charge in [-0.25, -0.2) is 4.79 Å². The number of halogens is 1. The molecular weight excluding hydrogens is 292 g/mol. The van der Waals surface area contributed by atoms with Crippen molar-refractivity contribution in [1.29, 1.82) is 0 Å². The van der Waals surface area contributed by atoms with Crippen LogP contribution in [0.4, 0.5) is 0 Å². The van der Waals surface area contributed by atoms with Gasteiger partial charge in [-0.2, -0.15) is 0 Å². The molecule has 0 aromatic heterocycles. The summed E-state index contributed by atoms with van der Waals surface area (Å²) < 4.78 is 1.04. The molecule has 0 spiro atoms. The molecule has 0 aliphatic heterocycles. The van der Waals surface area contributed by atoms with Crippen molar-refractivity contribution in [1.82, 2.24) is 0 Å². The van der Waals surface area contributed by atoms with E-state index in [4.69, 9.17) is 5.11 Å². The van der Waals surface area contributed by atoms with Gasteiger partial charge < -0.3 is 5.11 Å². The van der Waals surface area contributed by atoms with Crippen molar-refractivity contribution in [3.8, 4) is 11.1 Å². The third kappa shape index (κ3) is 3.08. The number of hydrogen-bond acceptors (Lipinski definition) is 1. The maximum atomic E-state index is 10.4. The van der Waals surface area contributed by atoms with Crippen molar-refractivity contribution in [2.45, 2.75) is 0 Å². The number of benzene rings is 2. The molecule has 0 aliphatic carbocycles. The predicted molar refractivity (Wildman–Crippen MR) is 76.2 cm³/mol. The molecule has 0 amide bonds. The smallest absolute Gasteiger partial charge is 0.328 e. The molecule has 90 valence electrons. The standard InChI is InChI=1S/C15H11BrO2/c16-14-4-2-1-3-13(14)12-8-5-11(6-9-12)7-10-15(17)18/h1-10H,(H,17,18)/b10-7+. The zero-order chi connectivity index (χ0) is 13.0. The van der Waals surface area contributed by atoms with E-state index in [9.17, 15) is 4.79 Å². The summed E-state index contributed by atoms with van der Waals surface area (Å²) in [6, 6.07) is 15.7. The fourth-order valence-electron chi connectivity index (χ4n) is 1.64. The summed E-state index contributed by atoms with van der Waals surface area (Å²) >= 11 is 3.51. The molecule has 0 unspecified atom stereocenters. The average molecular weight is 303 g/mol. The van der Waals surface area contributed by atoms with E-state index in [2.05, 4.69) is 15.9 Å². The first-order valence-corrected chi connectivity index (χ1v) is 6.22. The molecule has 18 heavy (non-hydrogen) atoms. The molecular formula is C15H11BrO2. The molecule has 2 aromatic rings. The second-order valence-corrected chi connectivity index (χ2v) is 4.63. The maximum absolute atomic E-state index is 10.4. The Morgan fingerprint density at radius 3 is 2.33 bits per heavy atom. The van der Waals surface area contributed by atoms with Crippen molar-refractivity contribution in [3.63, 3.8) is 0 Å². The van der Waals surface area contributed by atoms with Crippen LogP contribution in [0.2, 0.25) is 0 Å². The summed E-state index contributed by atoms with van der Waals surface area (Å²) in [6.07, 6.45) is 2.71. The van der Waals surface area contributed by atoms with Crippen LogP contribution in [-0.2, 0) is 4.79 Å². The van der Waals surface area contributed by atoms with Crippen molar-refractivity contribution in [3.05, 3.63) is 64.6 Å². The molecule has 2 rings (SSSR count). The summed E-state index contributed by atoms with van der Waals surface area (Å²) in [5, 5.41) is 8.55. The van der Waals surface area contributed by atoms with Crippen LogP contribution in [-0.4, -0.2) is 11.1 Å². The normalized spacial score (nSPS) is 10.7. The molecule has 0 fully saturated rings. The number of carboxylic acids is 1. The van der Waals surface area contributed by atoms with Crippen LogP contribution in [0.15, 0.2) is 59.1 Å². The Hall–Kier alpha value is -1.87. The summed E-state index contributed by atoms with van der Waals surface area (Å²) in [6.45, 7) is 0. The van der Waals surface area contributed by atoms with E-state index in [1.165, 1.54) is 0 Å². The molecule has 3 heteroatoms. The highest BCUT2D eigenvalue weighted by Gasteiger charge is 2.01. The van der Waals surface area contributed by atoms with Gasteiger partial charge >= 0.3 is 5.97 Å². The fraction of sp³-hybridized carbons (Fsp3) is 0. The van der Waals surface area contributed by atoms with Gasteiger partial charge in [0.05, 0.1) is 0 Å². The zero-order valence-corrected chi connectivity index (χ0v) is 11.1. The summed E-state index contributed by atoms with van der Waals surface area (Å²) in [5.74, 6) is -0.940. The lowest BCUT2D eigenvalue weighted by atomic mass is 10.0. The lowest BCUT2D eigenvalue weighted by Gasteiger charge is -2.04. The topological polar surface area (TPSA) is 37.3 Å². The van der Waals surface area contributed by atoms with E-state index in [0.29, 0.717) is 0 Å². The van der Waals surface area contributed by atoms with Crippen molar-refractivity contribution >= 4 is 28.0 Å². The fourth-order valence-corrected chi connectivity index (χ4v) is 2.15. The van der Waals surface area contributed by atoms with Crippen LogP contribution in [0, 0.1) is 0 Å². The van der Waals surface area contributed by atoms with Crippen LogP contribution >= 0.6 is 15.9 Å². The van der Waals surface area contributed by atoms with Gasteiger partial charge in [-0.15, -0.1) is 0 Å². The Balaban J connectivity index is 2.28. The van der Waals surface area contributed by atoms with E-state index in [1.54, 1.807) is 6.08 Å². The lowest BCUT2D eigenvalue weighted by Crippen LogP contribution is -1.85. The van der Waals surface area contributed by atoms with Gasteiger partial charge in [-0.3, -0.25) is 0 Å². The van der Waals surface area contributed by atoms with Gasteiger partial charge in [-0.1, -0.05) is 58.4 Å². The van der Waals surface area contributed by atoms with Gasteiger partial charge in [0.2, 0.25) is 0 Å². The first-order chi connectivity index (χ1) is 8.66. The number of carbonyl (C=O) groups is 1. The molecule has 0 aliphatic rings. The molecule has 0 heterocycles. The van der Waals surface area contributed by atoms with E-state index in [-0.39, 0.29) is 0 Å². The highest BCUT2D eigenvalue weighted by Crippen LogP contribution is 2.27. The van der Waals surface area contributed by atoms with Gasteiger partial charge in [0.25, 0.3) is 0 Å². The molecule has 0 radical (unpaired) electrons. The molecule has 0 bridgehead atoms. The quantitative estimate of drug-likeness (QED) is 0.862. The highest BCUT2D eigenvalue weighted by molar-refractivity contribution is 9.10. The molecule has 1 N–H and O–H groups in total. The van der Waals surface area contributed by atoms with Crippen LogP contribution in [0.3, 0.4) is 0 Å². The first-order valence-electron chi connectivity index (χ1n) is 5.43. The minimum Gasteiger partial charge on any atom is -0.478 e. The second-order valence-electron chi connectivity index (χ2n) is 3.77. The largest absolute Gasteiger partial charge is 0.478 e. The third-order valence-electron chi connectivity index (χ3n) is 2.51.